The first kappa shape index (κ1) is 12.7. The minimum absolute atomic E-state index is 0.0355. The van der Waals surface area contributed by atoms with Crippen LogP contribution in [0, 0.1) is 17.0 Å². The standard InChI is InChI=1S/C11H16N4O3/c1-7-3-11(13-5-9(7)15(16)17)14-8-4-12-6-10(8)18-2/h3,5,8,10,12H,4,6H2,1-2H3,(H,13,14)/t8?,10-/m0/s1. The van der Waals surface area contributed by atoms with Gasteiger partial charge in [0.15, 0.2) is 0 Å². The molecule has 1 aromatic rings. The number of anilines is 1. The number of nitro groups is 1. The third-order valence-electron chi connectivity index (χ3n) is 3.07. The molecule has 1 fully saturated rings. The van der Waals surface area contributed by atoms with Crippen LogP contribution in [-0.2, 0) is 4.74 Å². The summed E-state index contributed by atoms with van der Waals surface area (Å²) in [6.07, 6.45) is 1.37. The highest BCUT2D eigenvalue weighted by atomic mass is 16.6. The molecule has 2 N–H and O–H groups in total. The second-order valence-electron chi connectivity index (χ2n) is 4.30. The molecule has 0 aliphatic carbocycles. The normalized spacial score (nSPS) is 23.0. The van der Waals surface area contributed by atoms with Gasteiger partial charge in [0, 0.05) is 25.8 Å². The molecular weight excluding hydrogens is 236 g/mol. The fourth-order valence-electron chi connectivity index (χ4n) is 2.06. The third kappa shape index (κ3) is 2.57. The quantitative estimate of drug-likeness (QED) is 0.605. The van der Waals surface area contributed by atoms with Gasteiger partial charge in [0.2, 0.25) is 0 Å². The van der Waals surface area contributed by atoms with Gasteiger partial charge in [0.1, 0.15) is 12.0 Å². The predicted molar refractivity (Wildman–Crippen MR) is 66.7 cm³/mol. The molecule has 7 nitrogen and oxygen atoms in total. The van der Waals surface area contributed by atoms with Crippen molar-refractivity contribution in [2.24, 2.45) is 0 Å². The lowest BCUT2D eigenvalue weighted by molar-refractivity contribution is -0.385. The van der Waals surface area contributed by atoms with Crippen molar-refractivity contribution in [2.75, 3.05) is 25.5 Å². The smallest absolute Gasteiger partial charge is 0.290 e. The SMILES string of the molecule is CO[C@H]1CNCC1Nc1cc(C)c([N+](=O)[O-])cn1. The lowest BCUT2D eigenvalue weighted by Gasteiger charge is -2.19. The highest BCUT2D eigenvalue weighted by Crippen LogP contribution is 2.20. The van der Waals surface area contributed by atoms with Gasteiger partial charge in [0.05, 0.1) is 17.1 Å². The largest absolute Gasteiger partial charge is 0.378 e. The van der Waals surface area contributed by atoms with Gasteiger partial charge in [-0.3, -0.25) is 10.1 Å². The molecule has 0 radical (unpaired) electrons. The van der Waals surface area contributed by atoms with E-state index >= 15 is 0 Å². The summed E-state index contributed by atoms with van der Waals surface area (Å²) in [5.41, 5.74) is 0.630. The van der Waals surface area contributed by atoms with E-state index in [0.29, 0.717) is 11.4 Å². The van der Waals surface area contributed by atoms with E-state index in [9.17, 15) is 10.1 Å². The second kappa shape index (κ2) is 5.28. The monoisotopic (exact) mass is 252 g/mol. The topological polar surface area (TPSA) is 89.3 Å². The lowest BCUT2D eigenvalue weighted by Crippen LogP contribution is -2.33. The van der Waals surface area contributed by atoms with E-state index in [1.165, 1.54) is 6.20 Å². The zero-order valence-corrected chi connectivity index (χ0v) is 10.3. The van der Waals surface area contributed by atoms with Crippen molar-refractivity contribution in [1.82, 2.24) is 10.3 Å². The fraction of sp³-hybridized carbons (Fsp3) is 0.545. The van der Waals surface area contributed by atoms with E-state index in [1.54, 1.807) is 20.1 Å². The maximum absolute atomic E-state index is 10.7. The maximum atomic E-state index is 10.7. The average Bonchev–Trinajstić information content (AvgIpc) is 2.76. The van der Waals surface area contributed by atoms with Crippen LogP contribution in [0.4, 0.5) is 11.5 Å². The number of aromatic nitrogens is 1. The summed E-state index contributed by atoms with van der Waals surface area (Å²) >= 11 is 0. The predicted octanol–water partition coefficient (Wildman–Crippen LogP) is 0.697. The van der Waals surface area contributed by atoms with Gasteiger partial charge < -0.3 is 15.4 Å². The first-order valence-corrected chi connectivity index (χ1v) is 5.73. The molecule has 2 atom stereocenters. The van der Waals surface area contributed by atoms with Crippen LogP contribution in [0.15, 0.2) is 12.3 Å². The number of hydrogen-bond acceptors (Lipinski definition) is 6. The van der Waals surface area contributed by atoms with Crippen LogP contribution >= 0.6 is 0 Å². The van der Waals surface area contributed by atoms with E-state index in [4.69, 9.17) is 4.74 Å². The lowest BCUT2D eigenvalue weighted by atomic mass is 10.2. The van der Waals surface area contributed by atoms with Crippen molar-refractivity contribution in [1.29, 1.82) is 0 Å². The molecular formula is C11H16N4O3. The Morgan fingerprint density at radius 3 is 3.00 bits per heavy atom. The number of nitrogens with one attached hydrogen (secondary N) is 2. The van der Waals surface area contributed by atoms with E-state index in [2.05, 4.69) is 15.6 Å². The molecule has 2 rings (SSSR count). The number of pyridine rings is 1. The fourth-order valence-corrected chi connectivity index (χ4v) is 2.06. The van der Waals surface area contributed by atoms with Crippen LogP contribution in [0.2, 0.25) is 0 Å². The Hall–Kier alpha value is -1.73. The van der Waals surface area contributed by atoms with Gasteiger partial charge in [-0.1, -0.05) is 0 Å². The Morgan fingerprint density at radius 2 is 2.39 bits per heavy atom. The molecule has 0 bridgehead atoms. The minimum Gasteiger partial charge on any atom is -0.378 e. The van der Waals surface area contributed by atoms with Crippen LogP contribution in [-0.4, -0.2) is 42.3 Å². The number of ether oxygens (including phenoxy) is 1. The van der Waals surface area contributed by atoms with Crippen molar-refractivity contribution in [3.63, 3.8) is 0 Å². The molecule has 0 spiro atoms. The molecule has 1 unspecified atom stereocenters. The van der Waals surface area contributed by atoms with Crippen LogP contribution in [0.1, 0.15) is 5.56 Å². The number of aryl methyl sites for hydroxylation is 1. The van der Waals surface area contributed by atoms with Crippen molar-refractivity contribution < 1.29 is 9.66 Å². The Kier molecular flexibility index (Phi) is 3.73. The molecule has 18 heavy (non-hydrogen) atoms. The van der Waals surface area contributed by atoms with Crippen molar-refractivity contribution >= 4 is 11.5 Å². The second-order valence-corrected chi connectivity index (χ2v) is 4.30. The molecule has 1 aliphatic heterocycles. The molecule has 1 saturated heterocycles. The Labute approximate surface area is 105 Å². The number of rotatable bonds is 4. The van der Waals surface area contributed by atoms with Gasteiger partial charge in [-0.05, 0) is 13.0 Å². The number of nitrogens with zero attached hydrogens (tertiary/aromatic N) is 2. The highest BCUT2D eigenvalue weighted by molar-refractivity contribution is 5.47. The van der Waals surface area contributed by atoms with Gasteiger partial charge in [-0.2, -0.15) is 0 Å². The molecule has 7 heteroatoms. The highest BCUT2D eigenvalue weighted by Gasteiger charge is 2.27. The number of methoxy groups -OCH3 is 1. The number of hydrogen-bond donors (Lipinski definition) is 2. The van der Waals surface area contributed by atoms with Gasteiger partial charge >= 0.3 is 0 Å². The van der Waals surface area contributed by atoms with E-state index in [1.807, 2.05) is 0 Å². The minimum atomic E-state index is -0.429. The summed E-state index contributed by atoms with van der Waals surface area (Å²) in [5, 5.41) is 17.1. The summed E-state index contributed by atoms with van der Waals surface area (Å²) in [6, 6.07) is 1.81. The van der Waals surface area contributed by atoms with Crippen molar-refractivity contribution in [3.8, 4) is 0 Å². The average molecular weight is 252 g/mol. The van der Waals surface area contributed by atoms with Crippen molar-refractivity contribution in [3.05, 3.63) is 27.9 Å². The van der Waals surface area contributed by atoms with Crippen molar-refractivity contribution in [2.45, 2.75) is 19.1 Å². The summed E-state index contributed by atoms with van der Waals surface area (Å²) < 4.78 is 5.33. The van der Waals surface area contributed by atoms with Crippen LogP contribution in [0.3, 0.4) is 0 Å². The van der Waals surface area contributed by atoms with Crippen LogP contribution in [0.25, 0.3) is 0 Å². The van der Waals surface area contributed by atoms with Gasteiger partial charge in [-0.15, -0.1) is 0 Å². The third-order valence-corrected chi connectivity index (χ3v) is 3.07. The maximum Gasteiger partial charge on any atom is 0.290 e. The molecule has 2 heterocycles. The summed E-state index contributed by atoms with van der Waals surface area (Å²) in [5.74, 6) is 0.633. The first-order chi connectivity index (χ1) is 8.61. The van der Waals surface area contributed by atoms with E-state index in [-0.39, 0.29) is 17.8 Å². The van der Waals surface area contributed by atoms with Gasteiger partial charge in [-0.25, -0.2) is 4.98 Å². The summed E-state index contributed by atoms with van der Waals surface area (Å²) in [4.78, 5) is 14.3. The molecule has 1 aromatic heterocycles. The van der Waals surface area contributed by atoms with Crippen LogP contribution in [0.5, 0.6) is 0 Å². The molecule has 1 aliphatic rings. The van der Waals surface area contributed by atoms with Gasteiger partial charge in [0.25, 0.3) is 5.69 Å². The Bertz CT molecular complexity index is 452. The van der Waals surface area contributed by atoms with E-state index in [0.717, 1.165) is 13.1 Å². The zero-order chi connectivity index (χ0) is 13.1. The summed E-state index contributed by atoms with van der Waals surface area (Å²) in [6.45, 7) is 3.28. The molecule has 98 valence electrons. The first-order valence-electron chi connectivity index (χ1n) is 5.73. The Balaban J connectivity index is 2.10. The molecule has 0 amide bonds. The van der Waals surface area contributed by atoms with Crippen LogP contribution < -0.4 is 10.6 Å². The summed E-state index contributed by atoms with van der Waals surface area (Å²) in [7, 11) is 1.67. The molecule has 0 saturated carbocycles. The zero-order valence-electron chi connectivity index (χ0n) is 10.3. The van der Waals surface area contributed by atoms with E-state index < -0.39 is 4.92 Å². The Morgan fingerprint density at radius 1 is 1.61 bits per heavy atom. The molecule has 0 aromatic carbocycles.